The first-order valence-corrected chi connectivity index (χ1v) is 6.49. The average Bonchev–Trinajstić information content (AvgIpc) is 2.49. The van der Waals surface area contributed by atoms with Gasteiger partial charge in [0.05, 0.1) is 10.5 Å². The zero-order valence-electron chi connectivity index (χ0n) is 12.5. The molecular formula is C15H13KN2O5. The number of hydrogen-bond acceptors (Lipinski definition) is 5. The number of hydrogen-bond donors (Lipinski definition) is 2. The van der Waals surface area contributed by atoms with E-state index in [9.17, 15) is 20.0 Å². The van der Waals surface area contributed by atoms with Crippen LogP contribution >= 0.6 is 0 Å². The minimum atomic E-state index is -1.28. The molecule has 0 aromatic heterocycles. The van der Waals surface area contributed by atoms with Gasteiger partial charge in [-0.2, -0.15) is 0 Å². The smallest absolute Gasteiger partial charge is 0.872 e. The van der Waals surface area contributed by atoms with Crippen LogP contribution in [0.5, 0.6) is 5.75 Å². The summed E-state index contributed by atoms with van der Waals surface area (Å²) in [5.74, 6) is -1.84. The Morgan fingerprint density at radius 1 is 1.22 bits per heavy atom. The van der Waals surface area contributed by atoms with Crippen molar-refractivity contribution >= 4 is 17.3 Å². The van der Waals surface area contributed by atoms with E-state index in [1.165, 1.54) is 24.3 Å². The molecular weight excluding hydrogens is 327 g/mol. The number of nitrogens with zero attached hydrogens (tertiary/aromatic N) is 1. The van der Waals surface area contributed by atoms with Crippen molar-refractivity contribution in [2.45, 2.75) is 6.42 Å². The van der Waals surface area contributed by atoms with Gasteiger partial charge in [0.15, 0.2) is 0 Å². The van der Waals surface area contributed by atoms with Crippen LogP contribution in [0.4, 0.5) is 11.4 Å². The normalized spacial score (nSPS) is 9.74. The molecule has 0 radical (unpaired) electrons. The van der Waals surface area contributed by atoms with Gasteiger partial charge < -0.3 is 15.5 Å². The average molecular weight is 340 g/mol. The second kappa shape index (κ2) is 8.99. The quantitative estimate of drug-likeness (QED) is 0.397. The molecule has 2 aromatic rings. The number of rotatable bonds is 6. The Balaban J connectivity index is 0.00000264. The number of carboxylic acids is 1. The van der Waals surface area contributed by atoms with Crippen molar-refractivity contribution < 1.29 is 71.3 Å². The summed E-state index contributed by atoms with van der Waals surface area (Å²) >= 11 is 0. The molecule has 0 unspecified atom stereocenters. The second-order valence-electron chi connectivity index (χ2n) is 4.58. The number of para-hydroxylation sites is 1. The van der Waals surface area contributed by atoms with Crippen LogP contribution in [0.15, 0.2) is 42.5 Å². The third-order valence-electron chi connectivity index (χ3n) is 3.12. The van der Waals surface area contributed by atoms with Gasteiger partial charge in [0.25, 0.3) is 5.69 Å². The van der Waals surface area contributed by atoms with E-state index in [0.29, 0.717) is 24.2 Å². The van der Waals surface area contributed by atoms with Gasteiger partial charge in [0.2, 0.25) is 0 Å². The topological polar surface area (TPSA) is 116 Å². The van der Waals surface area contributed by atoms with Gasteiger partial charge in [-0.25, -0.2) is 4.79 Å². The Kier molecular flexibility index (Phi) is 7.66. The van der Waals surface area contributed by atoms with Crippen molar-refractivity contribution in [2.75, 3.05) is 11.9 Å². The standard InChI is InChI=1S/C15H14N2O5.K/c18-14-6-5-11(9-12(14)15(19)20)16-8-7-10-3-1-2-4-13(10)17(21)22;/h1-6,9,16,18H,7-8H2,(H,19,20);/q;+1/p-1. The molecule has 8 heteroatoms. The summed E-state index contributed by atoms with van der Waals surface area (Å²) in [5.41, 5.74) is 0.801. The van der Waals surface area contributed by atoms with E-state index in [4.69, 9.17) is 5.11 Å². The number of nitrogens with one attached hydrogen (secondary N) is 1. The van der Waals surface area contributed by atoms with Crippen LogP contribution in [-0.4, -0.2) is 22.5 Å². The minimum Gasteiger partial charge on any atom is -0.872 e. The maximum atomic E-state index is 11.3. The molecule has 0 saturated heterocycles. The molecule has 2 rings (SSSR count). The molecule has 0 heterocycles. The zero-order valence-corrected chi connectivity index (χ0v) is 15.6. The molecule has 23 heavy (non-hydrogen) atoms. The summed E-state index contributed by atoms with van der Waals surface area (Å²) < 4.78 is 0. The van der Waals surface area contributed by atoms with E-state index in [-0.39, 0.29) is 62.6 Å². The number of benzene rings is 2. The summed E-state index contributed by atoms with van der Waals surface area (Å²) in [6, 6.07) is 10.3. The fourth-order valence-electron chi connectivity index (χ4n) is 2.05. The number of nitro groups is 1. The number of carbonyl (C=O) groups is 1. The number of nitro benzene ring substituents is 1. The van der Waals surface area contributed by atoms with Crippen LogP contribution < -0.4 is 61.8 Å². The number of aromatic carboxylic acids is 1. The van der Waals surface area contributed by atoms with Crippen LogP contribution in [0.1, 0.15) is 15.9 Å². The maximum Gasteiger partial charge on any atom is 1.00 e. The Bertz CT molecular complexity index is 721. The molecule has 0 aliphatic carbocycles. The van der Waals surface area contributed by atoms with Gasteiger partial charge in [-0.3, -0.25) is 10.1 Å². The SMILES string of the molecule is O=C(O)c1cc(NCCc2ccccc2[N+](=O)[O-])ccc1[O-].[K+]. The summed E-state index contributed by atoms with van der Waals surface area (Å²) in [5, 5.41) is 34.1. The van der Waals surface area contributed by atoms with Crippen molar-refractivity contribution in [3.8, 4) is 5.75 Å². The minimum absolute atomic E-state index is 0. The van der Waals surface area contributed by atoms with Crippen molar-refractivity contribution in [1.82, 2.24) is 0 Å². The Labute approximate surface area is 174 Å². The van der Waals surface area contributed by atoms with E-state index < -0.39 is 16.6 Å². The number of anilines is 1. The summed E-state index contributed by atoms with van der Waals surface area (Å²) in [7, 11) is 0. The molecule has 2 aromatic carbocycles. The fraction of sp³-hybridized carbons (Fsp3) is 0.133. The molecule has 0 bridgehead atoms. The predicted octanol–water partition coefficient (Wildman–Crippen LogP) is -0.975. The molecule has 7 nitrogen and oxygen atoms in total. The number of carboxylic acid groups (broad SMARTS) is 1. The molecule has 0 aliphatic rings. The van der Waals surface area contributed by atoms with E-state index in [2.05, 4.69) is 5.32 Å². The van der Waals surface area contributed by atoms with Crippen LogP contribution in [-0.2, 0) is 6.42 Å². The third-order valence-corrected chi connectivity index (χ3v) is 3.12. The Hall–Kier alpha value is -1.45. The molecule has 0 atom stereocenters. The maximum absolute atomic E-state index is 11.3. The first-order valence-electron chi connectivity index (χ1n) is 6.49. The molecule has 2 N–H and O–H groups in total. The van der Waals surface area contributed by atoms with Crippen LogP contribution in [0.25, 0.3) is 0 Å². The van der Waals surface area contributed by atoms with Crippen molar-refractivity contribution in [2.24, 2.45) is 0 Å². The zero-order chi connectivity index (χ0) is 16.1. The van der Waals surface area contributed by atoms with Gasteiger partial charge in [0.1, 0.15) is 0 Å². The van der Waals surface area contributed by atoms with Crippen molar-refractivity contribution in [3.05, 3.63) is 63.7 Å². The first-order chi connectivity index (χ1) is 10.5. The molecule has 0 aliphatic heterocycles. The van der Waals surface area contributed by atoms with E-state index in [0.717, 1.165) is 0 Å². The molecule has 114 valence electrons. The largest absolute Gasteiger partial charge is 1.00 e. The van der Waals surface area contributed by atoms with Gasteiger partial charge in [0, 0.05) is 23.9 Å². The monoisotopic (exact) mass is 340 g/mol. The third kappa shape index (κ3) is 5.29. The van der Waals surface area contributed by atoms with E-state index in [1.54, 1.807) is 18.2 Å². The van der Waals surface area contributed by atoms with Gasteiger partial charge in [-0.15, -0.1) is 0 Å². The fourth-order valence-corrected chi connectivity index (χ4v) is 2.05. The van der Waals surface area contributed by atoms with Crippen LogP contribution in [0.2, 0.25) is 0 Å². The molecule has 0 fully saturated rings. The van der Waals surface area contributed by atoms with Crippen LogP contribution in [0, 0.1) is 10.1 Å². The van der Waals surface area contributed by atoms with Crippen molar-refractivity contribution in [3.63, 3.8) is 0 Å². The van der Waals surface area contributed by atoms with Gasteiger partial charge in [-0.1, -0.05) is 30.0 Å². The summed E-state index contributed by atoms with van der Waals surface area (Å²) in [6.07, 6.45) is 0.401. The van der Waals surface area contributed by atoms with Gasteiger partial charge in [-0.05, 0) is 18.6 Å². The first kappa shape index (κ1) is 19.6. The van der Waals surface area contributed by atoms with E-state index in [1.807, 2.05) is 0 Å². The van der Waals surface area contributed by atoms with Gasteiger partial charge >= 0.3 is 57.4 Å². The molecule has 0 saturated carbocycles. The molecule has 0 amide bonds. The summed E-state index contributed by atoms with van der Waals surface area (Å²) in [6.45, 7) is 0.377. The van der Waals surface area contributed by atoms with Crippen molar-refractivity contribution in [1.29, 1.82) is 0 Å². The molecule has 0 spiro atoms. The predicted molar refractivity (Wildman–Crippen MR) is 78.1 cm³/mol. The van der Waals surface area contributed by atoms with E-state index >= 15 is 0 Å². The Morgan fingerprint density at radius 3 is 2.57 bits per heavy atom. The second-order valence-corrected chi connectivity index (χ2v) is 4.58. The summed E-state index contributed by atoms with van der Waals surface area (Å²) in [4.78, 5) is 21.3. The Morgan fingerprint density at radius 2 is 1.91 bits per heavy atom. The van der Waals surface area contributed by atoms with Crippen LogP contribution in [0.3, 0.4) is 0 Å².